The van der Waals surface area contributed by atoms with E-state index in [9.17, 15) is 0 Å². The van der Waals surface area contributed by atoms with E-state index in [2.05, 4.69) is 15.1 Å². The van der Waals surface area contributed by atoms with Crippen molar-refractivity contribution >= 4 is 5.69 Å². The van der Waals surface area contributed by atoms with Crippen LogP contribution in [0.25, 0.3) is 16.9 Å². The number of hydrogen-bond acceptors (Lipinski definition) is 4. The molecule has 0 aliphatic rings. The summed E-state index contributed by atoms with van der Waals surface area (Å²) in [5, 5.41) is 4.49. The van der Waals surface area contributed by atoms with E-state index in [1.807, 2.05) is 24.3 Å². The molecule has 0 saturated carbocycles. The Bertz CT molecular complexity index is 646. The van der Waals surface area contributed by atoms with Crippen molar-refractivity contribution in [2.45, 2.75) is 0 Å². The predicted octanol–water partition coefficient (Wildman–Crippen LogP) is 1.91. The zero-order chi connectivity index (χ0) is 12.4. The van der Waals surface area contributed by atoms with Crippen LogP contribution in [-0.4, -0.2) is 19.7 Å². The minimum Gasteiger partial charge on any atom is -0.396 e. The maximum atomic E-state index is 5.99. The fourth-order valence-electron chi connectivity index (χ4n) is 1.75. The van der Waals surface area contributed by atoms with Crippen molar-refractivity contribution in [3.05, 3.63) is 55.2 Å². The van der Waals surface area contributed by atoms with Gasteiger partial charge in [-0.15, -0.1) is 0 Å². The normalized spacial score (nSPS) is 10.4. The molecule has 0 radical (unpaired) electrons. The van der Waals surface area contributed by atoms with E-state index in [0.29, 0.717) is 5.69 Å². The summed E-state index contributed by atoms with van der Waals surface area (Å²) in [6.45, 7) is 0. The second kappa shape index (κ2) is 4.29. The van der Waals surface area contributed by atoms with Crippen LogP contribution >= 0.6 is 0 Å². The molecule has 3 aromatic heterocycles. The molecule has 5 nitrogen and oxygen atoms in total. The molecular formula is C13H11N5. The molecule has 3 aromatic rings. The van der Waals surface area contributed by atoms with E-state index in [4.69, 9.17) is 5.73 Å². The van der Waals surface area contributed by atoms with Crippen LogP contribution < -0.4 is 5.73 Å². The summed E-state index contributed by atoms with van der Waals surface area (Å²) in [7, 11) is 0. The summed E-state index contributed by atoms with van der Waals surface area (Å²) in [6.07, 6.45) is 8.68. The van der Waals surface area contributed by atoms with Gasteiger partial charge in [0.1, 0.15) is 5.69 Å². The number of nitrogens with zero attached hydrogens (tertiary/aromatic N) is 4. The Balaban J connectivity index is 2.07. The zero-order valence-corrected chi connectivity index (χ0v) is 9.56. The van der Waals surface area contributed by atoms with Gasteiger partial charge in [0.2, 0.25) is 0 Å². The van der Waals surface area contributed by atoms with E-state index >= 15 is 0 Å². The monoisotopic (exact) mass is 237 g/mol. The molecule has 0 aliphatic carbocycles. The van der Waals surface area contributed by atoms with Gasteiger partial charge in [0.25, 0.3) is 0 Å². The van der Waals surface area contributed by atoms with Crippen molar-refractivity contribution in [2.24, 2.45) is 0 Å². The zero-order valence-electron chi connectivity index (χ0n) is 9.56. The summed E-state index contributed by atoms with van der Waals surface area (Å²) in [5.41, 5.74) is 9.27. The van der Waals surface area contributed by atoms with E-state index in [1.54, 1.807) is 35.7 Å². The quantitative estimate of drug-likeness (QED) is 0.739. The standard InChI is InChI=1S/C13H11N5/c14-12-9-18(11-3-7-16-8-4-11)17-13(12)10-1-5-15-6-2-10/h1-9H,14H2. The fourth-order valence-corrected chi connectivity index (χ4v) is 1.75. The van der Waals surface area contributed by atoms with Crippen LogP contribution in [0, 0.1) is 0 Å². The average Bonchev–Trinajstić information content (AvgIpc) is 2.83. The van der Waals surface area contributed by atoms with Crippen molar-refractivity contribution in [3.8, 4) is 16.9 Å². The van der Waals surface area contributed by atoms with Gasteiger partial charge in [-0.05, 0) is 24.3 Å². The largest absolute Gasteiger partial charge is 0.396 e. The molecule has 0 bridgehead atoms. The number of hydrogen-bond donors (Lipinski definition) is 1. The van der Waals surface area contributed by atoms with Gasteiger partial charge in [0.05, 0.1) is 17.6 Å². The lowest BCUT2D eigenvalue weighted by Gasteiger charge is -1.99. The van der Waals surface area contributed by atoms with Crippen molar-refractivity contribution in [1.82, 2.24) is 19.7 Å². The molecule has 0 atom stereocenters. The van der Waals surface area contributed by atoms with E-state index in [1.165, 1.54) is 0 Å². The Labute approximate surface area is 104 Å². The van der Waals surface area contributed by atoms with Crippen LogP contribution in [0.5, 0.6) is 0 Å². The summed E-state index contributed by atoms with van der Waals surface area (Å²) in [6, 6.07) is 7.52. The molecular weight excluding hydrogens is 226 g/mol. The van der Waals surface area contributed by atoms with Crippen LogP contribution in [-0.2, 0) is 0 Å². The molecule has 18 heavy (non-hydrogen) atoms. The summed E-state index contributed by atoms with van der Waals surface area (Å²) in [5.74, 6) is 0. The van der Waals surface area contributed by atoms with Crippen LogP contribution in [0.3, 0.4) is 0 Å². The van der Waals surface area contributed by atoms with Gasteiger partial charge < -0.3 is 5.73 Å². The van der Waals surface area contributed by atoms with Gasteiger partial charge in [-0.3, -0.25) is 9.97 Å². The Morgan fingerprint density at radius 2 is 1.50 bits per heavy atom. The third-order valence-electron chi connectivity index (χ3n) is 2.62. The van der Waals surface area contributed by atoms with Crippen molar-refractivity contribution in [2.75, 3.05) is 5.73 Å². The molecule has 0 aromatic carbocycles. The first-order valence-corrected chi connectivity index (χ1v) is 5.50. The Kier molecular flexibility index (Phi) is 2.49. The van der Waals surface area contributed by atoms with E-state index < -0.39 is 0 Å². The molecule has 5 heteroatoms. The first-order valence-electron chi connectivity index (χ1n) is 5.50. The lowest BCUT2D eigenvalue weighted by molar-refractivity contribution is 0.881. The molecule has 0 spiro atoms. The number of nitrogen functional groups attached to an aromatic ring is 1. The van der Waals surface area contributed by atoms with Gasteiger partial charge in [-0.1, -0.05) is 0 Å². The number of rotatable bonds is 2. The SMILES string of the molecule is Nc1cn(-c2ccncc2)nc1-c1ccncc1. The fraction of sp³-hybridized carbons (Fsp3) is 0. The van der Waals surface area contributed by atoms with Gasteiger partial charge >= 0.3 is 0 Å². The molecule has 88 valence electrons. The minimum atomic E-state index is 0.637. The van der Waals surface area contributed by atoms with Crippen LogP contribution in [0.2, 0.25) is 0 Å². The van der Waals surface area contributed by atoms with E-state index in [-0.39, 0.29) is 0 Å². The van der Waals surface area contributed by atoms with Crippen LogP contribution in [0.4, 0.5) is 5.69 Å². The Morgan fingerprint density at radius 1 is 0.889 bits per heavy atom. The van der Waals surface area contributed by atoms with Gasteiger partial charge in [0.15, 0.2) is 0 Å². The predicted molar refractivity (Wildman–Crippen MR) is 69.0 cm³/mol. The highest BCUT2D eigenvalue weighted by Crippen LogP contribution is 2.24. The van der Waals surface area contributed by atoms with Gasteiger partial charge in [-0.25, -0.2) is 4.68 Å². The molecule has 0 unspecified atom stereocenters. The molecule has 0 saturated heterocycles. The first-order chi connectivity index (χ1) is 8.84. The highest BCUT2D eigenvalue weighted by Gasteiger charge is 2.08. The van der Waals surface area contributed by atoms with Crippen LogP contribution in [0.15, 0.2) is 55.2 Å². The second-order valence-corrected chi connectivity index (χ2v) is 3.82. The number of nitrogens with two attached hydrogens (primary N) is 1. The van der Waals surface area contributed by atoms with Crippen LogP contribution in [0.1, 0.15) is 0 Å². The maximum absolute atomic E-state index is 5.99. The summed E-state index contributed by atoms with van der Waals surface area (Å²) < 4.78 is 1.74. The summed E-state index contributed by atoms with van der Waals surface area (Å²) in [4.78, 5) is 7.96. The molecule has 3 heterocycles. The maximum Gasteiger partial charge on any atom is 0.116 e. The topological polar surface area (TPSA) is 69.6 Å². The lowest BCUT2D eigenvalue weighted by atomic mass is 10.2. The van der Waals surface area contributed by atoms with Gasteiger partial charge in [0, 0.05) is 30.4 Å². The molecule has 0 aliphatic heterocycles. The first kappa shape index (κ1) is 10.5. The van der Waals surface area contributed by atoms with Crippen molar-refractivity contribution in [3.63, 3.8) is 0 Å². The highest BCUT2D eigenvalue weighted by atomic mass is 15.3. The number of anilines is 1. The lowest BCUT2D eigenvalue weighted by Crippen LogP contribution is -1.94. The highest BCUT2D eigenvalue weighted by molar-refractivity contribution is 5.71. The molecule has 0 fully saturated rings. The molecule has 0 amide bonds. The Morgan fingerprint density at radius 3 is 2.17 bits per heavy atom. The second-order valence-electron chi connectivity index (χ2n) is 3.82. The minimum absolute atomic E-state index is 0.637. The molecule has 2 N–H and O–H groups in total. The Hall–Kier alpha value is -2.69. The molecule has 3 rings (SSSR count). The van der Waals surface area contributed by atoms with E-state index in [0.717, 1.165) is 16.9 Å². The third-order valence-corrected chi connectivity index (χ3v) is 2.62. The third kappa shape index (κ3) is 1.82. The smallest absolute Gasteiger partial charge is 0.116 e. The van der Waals surface area contributed by atoms with Crippen molar-refractivity contribution in [1.29, 1.82) is 0 Å². The number of pyridine rings is 2. The van der Waals surface area contributed by atoms with Crippen molar-refractivity contribution < 1.29 is 0 Å². The van der Waals surface area contributed by atoms with Gasteiger partial charge in [-0.2, -0.15) is 5.10 Å². The number of aromatic nitrogens is 4. The summed E-state index contributed by atoms with van der Waals surface area (Å²) >= 11 is 0. The average molecular weight is 237 g/mol.